The molecule has 24 heavy (non-hydrogen) atoms. The Hall–Kier alpha value is -1.85. The van der Waals surface area contributed by atoms with Gasteiger partial charge in [0, 0.05) is 17.5 Å². The summed E-state index contributed by atoms with van der Waals surface area (Å²) in [5.74, 6) is 0.561. The molecule has 2 aromatic rings. The molecular formula is C18H23ClN4O. The maximum Gasteiger partial charge on any atom is 0.254 e. The van der Waals surface area contributed by atoms with Gasteiger partial charge in [0.1, 0.15) is 0 Å². The molecule has 1 amide bonds. The van der Waals surface area contributed by atoms with Gasteiger partial charge in [-0.3, -0.25) is 4.79 Å². The fourth-order valence-electron chi connectivity index (χ4n) is 2.65. The van der Waals surface area contributed by atoms with Crippen molar-refractivity contribution in [2.75, 3.05) is 13.1 Å². The predicted octanol–water partition coefficient (Wildman–Crippen LogP) is 3.04. The molecule has 0 bridgehead atoms. The molecule has 1 fully saturated rings. The molecule has 1 saturated carbocycles. The Morgan fingerprint density at radius 2 is 2.25 bits per heavy atom. The molecule has 1 aliphatic carbocycles. The topological polar surface area (TPSA) is 72.9 Å². The van der Waals surface area contributed by atoms with Crippen LogP contribution in [0.5, 0.6) is 0 Å². The molecule has 3 rings (SSSR count). The molecule has 1 unspecified atom stereocenters. The number of carbonyl (C=O) groups excluding carboxylic acids is 1. The van der Waals surface area contributed by atoms with Gasteiger partial charge in [-0.05, 0) is 49.9 Å². The summed E-state index contributed by atoms with van der Waals surface area (Å²) in [7, 11) is 0. The third-order valence-corrected chi connectivity index (χ3v) is 4.84. The van der Waals surface area contributed by atoms with Gasteiger partial charge in [0.2, 0.25) is 0 Å². The lowest BCUT2D eigenvalue weighted by Crippen LogP contribution is -2.31. The van der Waals surface area contributed by atoms with Gasteiger partial charge < -0.3 is 11.1 Å². The van der Waals surface area contributed by atoms with E-state index in [-0.39, 0.29) is 11.8 Å². The van der Waals surface area contributed by atoms with Crippen LogP contribution < -0.4 is 11.1 Å². The molecule has 0 aliphatic heterocycles. The van der Waals surface area contributed by atoms with E-state index < -0.39 is 0 Å². The number of carbonyl (C=O) groups is 1. The van der Waals surface area contributed by atoms with E-state index in [4.69, 9.17) is 17.3 Å². The number of aromatic nitrogens is 2. The predicted molar refractivity (Wildman–Crippen MR) is 95.8 cm³/mol. The summed E-state index contributed by atoms with van der Waals surface area (Å²) in [6.07, 6.45) is 3.83. The molecule has 0 spiro atoms. The second-order valence-corrected chi connectivity index (χ2v) is 7.02. The fraction of sp³-hybridized carbons (Fsp3) is 0.444. The van der Waals surface area contributed by atoms with Crippen molar-refractivity contribution in [2.24, 2.45) is 11.7 Å². The second kappa shape index (κ2) is 6.95. The molecule has 5 nitrogen and oxygen atoms in total. The van der Waals surface area contributed by atoms with Gasteiger partial charge in [0.15, 0.2) is 0 Å². The summed E-state index contributed by atoms with van der Waals surface area (Å²) in [6, 6.07) is 5.85. The highest BCUT2D eigenvalue weighted by Crippen LogP contribution is 2.42. The Kier molecular flexibility index (Phi) is 4.92. The molecule has 0 radical (unpaired) electrons. The minimum Gasteiger partial charge on any atom is -0.352 e. The van der Waals surface area contributed by atoms with E-state index in [9.17, 15) is 4.79 Å². The van der Waals surface area contributed by atoms with Crippen LogP contribution in [-0.4, -0.2) is 28.8 Å². The highest BCUT2D eigenvalue weighted by atomic mass is 35.5. The monoisotopic (exact) mass is 346 g/mol. The Labute approximate surface area is 147 Å². The van der Waals surface area contributed by atoms with Crippen molar-refractivity contribution in [1.29, 1.82) is 0 Å². The van der Waals surface area contributed by atoms with Gasteiger partial charge in [0.25, 0.3) is 5.91 Å². The molecule has 1 aromatic heterocycles. The van der Waals surface area contributed by atoms with Crippen LogP contribution in [0.3, 0.4) is 0 Å². The van der Waals surface area contributed by atoms with E-state index in [0.29, 0.717) is 29.6 Å². The third kappa shape index (κ3) is 3.47. The van der Waals surface area contributed by atoms with E-state index in [1.54, 1.807) is 6.20 Å². The number of aryl methyl sites for hydroxylation is 1. The highest BCUT2D eigenvalue weighted by molar-refractivity contribution is 6.31. The largest absolute Gasteiger partial charge is 0.352 e. The van der Waals surface area contributed by atoms with E-state index in [0.717, 1.165) is 29.8 Å². The first kappa shape index (κ1) is 17.0. The van der Waals surface area contributed by atoms with Crippen LogP contribution in [0.4, 0.5) is 0 Å². The zero-order chi connectivity index (χ0) is 17.3. The van der Waals surface area contributed by atoms with Crippen LogP contribution in [0, 0.1) is 12.8 Å². The molecule has 0 saturated heterocycles. The lowest BCUT2D eigenvalue weighted by Gasteiger charge is -2.12. The number of nitrogens with two attached hydrogens (primary N) is 1. The van der Waals surface area contributed by atoms with Crippen molar-refractivity contribution in [3.05, 3.63) is 46.2 Å². The smallest absolute Gasteiger partial charge is 0.254 e. The van der Waals surface area contributed by atoms with Crippen molar-refractivity contribution in [3.8, 4) is 5.69 Å². The molecule has 1 aromatic carbocycles. The second-order valence-electron chi connectivity index (χ2n) is 6.61. The SMILES string of the molecule is Cc1ccc(-n2ncc(C(=O)NCC(C)CN)c2C2CC2)cc1Cl. The zero-order valence-electron chi connectivity index (χ0n) is 14.1. The summed E-state index contributed by atoms with van der Waals surface area (Å²) in [4.78, 5) is 12.6. The van der Waals surface area contributed by atoms with Crippen molar-refractivity contribution in [3.63, 3.8) is 0 Å². The summed E-state index contributed by atoms with van der Waals surface area (Å²) >= 11 is 6.25. The molecular weight excluding hydrogens is 324 g/mol. The Morgan fingerprint density at radius 3 is 2.88 bits per heavy atom. The Bertz CT molecular complexity index is 751. The van der Waals surface area contributed by atoms with Gasteiger partial charge in [0.05, 0.1) is 23.1 Å². The summed E-state index contributed by atoms with van der Waals surface area (Å²) < 4.78 is 1.85. The number of hydrogen-bond donors (Lipinski definition) is 2. The van der Waals surface area contributed by atoms with Gasteiger partial charge in [-0.1, -0.05) is 24.6 Å². The van der Waals surface area contributed by atoms with Gasteiger partial charge in [-0.2, -0.15) is 5.10 Å². The lowest BCUT2D eigenvalue weighted by molar-refractivity contribution is 0.0947. The van der Waals surface area contributed by atoms with E-state index in [1.807, 2.05) is 36.7 Å². The normalized spacial score (nSPS) is 15.3. The Morgan fingerprint density at radius 1 is 1.50 bits per heavy atom. The maximum absolute atomic E-state index is 12.6. The molecule has 128 valence electrons. The number of nitrogens with zero attached hydrogens (tertiary/aromatic N) is 2. The van der Waals surface area contributed by atoms with E-state index >= 15 is 0 Å². The standard InChI is InChI=1S/C18H23ClN4O/c1-11(8-20)9-21-18(24)15-10-22-23(17(15)13-4-5-13)14-6-3-12(2)16(19)7-14/h3,6-7,10-11,13H,4-5,8-9,20H2,1-2H3,(H,21,24). The van der Waals surface area contributed by atoms with E-state index in [1.165, 1.54) is 0 Å². The summed E-state index contributed by atoms with van der Waals surface area (Å²) in [6.45, 7) is 5.10. The summed E-state index contributed by atoms with van der Waals surface area (Å²) in [5, 5.41) is 8.12. The number of halogens is 1. The first-order valence-electron chi connectivity index (χ1n) is 8.34. The van der Waals surface area contributed by atoms with Crippen LogP contribution >= 0.6 is 11.6 Å². The average molecular weight is 347 g/mol. The van der Waals surface area contributed by atoms with Crippen molar-refractivity contribution in [1.82, 2.24) is 15.1 Å². The van der Waals surface area contributed by atoms with Crippen LogP contribution in [0.25, 0.3) is 5.69 Å². The molecule has 1 heterocycles. The molecule has 1 aliphatic rings. The van der Waals surface area contributed by atoms with Crippen molar-refractivity contribution < 1.29 is 4.79 Å². The van der Waals surface area contributed by atoms with Crippen LogP contribution in [0.1, 0.15) is 47.3 Å². The number of nitrogens with one attached hydrogen (secondary N) is 1. The number of hydrogen-bond acceptors (Lipinski definition) is 3. The number of rotatable bonds is 6. The molecule has 3 N–H and O–H groups in total. The van der Waals surface area contributed by atoms with Gasteiger partial charge in [-0.15, -0.1) is 0 Å². The van der Waals surface area contributed by atoms with Crippen molar-refractivity contribution in [2.45, 2.75) is 32.6 Å². The Balaban J connectivity index is 1.90. The van der Waals surface area contributed by atoms with Crippen LogP contribution in [0.15, 0.2) is 24.4 Å². The molecule has 1 atom stereocenters. The van der Waals surface area contributed by atoms with Gasteiger partial charge in [-0.25, -0.2) is 4.68 Å². The minimum absolute atomic E-state index is 0.0818. The fourth-order valence-corrected chi connectivity index (χ4v) is 2.82. The maximum atomic E-state index is 12.6. The first-order valence-corrected chi connectivity index (χ1v) is 8.71. The first-order chi connectivity index (χ1) is 11.5. The zero-order valence-corrected chi connectivity index (χ0v) is 14.8. The van der Waals surface area contributed by atoms with E-state index in [2.05, 4.69) is 10.4 Å². The average Bonchev–Trinajstić information content (AvgIpc) is 3.33. The minimum atomic E-state index is -0.0818. The third-order valence-electron chi connectivity index (χ3n) is 4.43. The summed E-state index contributed by atoms with van der Waals surface area (Å²) in [5.41, 5.74) is 9.16. The van der Waals surface area contributed by atoms with Crippen LogP contribution in [0.2, 0.25) is 5.02 Å². The number of amides is 1. The van der Waals surface area contributed by atoms with Gasteiger partial charge >= 0.3 is 0 Å². The molecule has 6 heteroatoms. The highest BCUT2D eigenvalue weighted by Gasteiger charge is 2.33. The van der Waals surface area contributed by atoms with Crippen molar-refractivity contribution >= 4 is 17.5 Å². The van der Waals surface area contributed by atoms with Crippen LogP contribution in [-0.2, 0) is 0 Å². The number of benzene rings is 1. The quantitative estimate of drug-likeness (QED) is 0.844. The lowest BCUT2D eigenvalue weighted by atomic mass is 10.1.